The molecule has 0 N–H and O–H groups in total. The summed E-state index contributed by atoms with van der Waals surface area (Å²) in [6.07, 6.45) is 5.47. The molecule has 2 rings (SSSR count). The van der Waals surface area contributed by atoms with Gasteiger partial charge in [-0.25, -0.2) is 4.98 Å². The van der Waals surface area contributed by atoms with Crippen LogP contribution in [-0.2, 0) is 9.47 Å². The molecule has 0 aromatic carbocycles. The van der Waals surface area contributed by atoms with E-state index in [0.717, 1.165) is 18.9 Å². The van der Waals surface area contributed by atoms with Gasteiger partial charge in [0.05, 0.1) is 25.0 Å². The highest BCUT2D eigenvalue weighted by molar-refractivity contribution is 5.36. The average Bonchev–Trinajstić information content (AvgIpc) is 2.30. The summed E-state index contributed by atoms with van der Waals surface area (Å²) in [5.74, 6) is 0.902. The first-order chi connectivity index (χ1) is 7.79. The molecule has 5 heteroatoms. The summed E-state index contributed by atoms with van der Waals surface area (Å²) in [5, 5.41) is 0. The summed E-state index contributed by atoms with van der Waals surface area (Å²) in [5.41, 5.74) is 0. The van der Waals surface area contributed by atoms with Crippen LogP contribution in [0.3, 0.4) is 0 Å². The van der Waals surface area contributed by atoms with E-state index in [2.05, 4.69) is 21.8 Å². The maximum Gasteiger partial charge on any atom is 0.147 e. The first kappa shape index (κ1) is 11.3. The minimum Gasteiger partial charge on any atom is -0.382 e. The van der Waals surface area contributed by atoms with Crippen LogP contribution in [0.4, 0.5) is 5.82 Å². The number of nitrogens with zero attached hydrogens (tertiary/aromatic N) is 3. The third kappa shape index (κ3) is 2.68. The van der Waals surface area contributed by atoms with Gasteiger partial charge >= 0.3 is 0 Å². The lowest BCUT2D eigenvalue weighted by Crippen LogP contribution is -2.48. The van der Waals surface area contributed by atoms with E-state index in [0.29, 0.717) is 6.61 Å². The maximum absolute atomic E-state index is 5.76. The summed E-state index contributed by atoms with van der Waals surface area (Å²) in [6, 6.07) is 0. The van der Waals surface area contributed by atoms with Gasteiger partial charge < -0.3 is 14.4 Å². The van der Waals surface area contributed by atoms with Crippen molar-refractivity contribution in [1.82, 2.24) is 9.97 Å². The molecule has 0 aliphatic carbocycles. The molecule has 1 saturated heterocycles. The van der Waals surface area contributed by atoms with Crippen LogP contribution in [0.1, 0.15) is 6.92 Å². The number of methoxy groups -OCH3 is 1. The Morgan fingerprint density at radius 1 is 1.50 bits per heavy atom. The third-order valence-electron chi connectivity index (χ3n) is 2.55. The van der Waals surface area contributed by atoms with Gasteiger partial charge in [0.2, 0.25) is 0 Å². The van der Waals surface area contributed by atoms with Crippen molar-refractivity contribution < 1.29 is 9.47 Å². The van der Waals surface area contributed by atoms with Gasteiger partial charge in [-0.2, -0.15) is 0 Å². The van der Waals surface area contributed by atoms with Gasteiger partial charge in [0, 0.05) is 32.6 Å². The fourth-order valence-corrected chi connectivity index (χ4v) is 1.96. The molecule has 1 fully saturated rings. The number of hydrogen-bond donors (Lipinski definition) is 0. The molecule has 2 atom stereocenters. The summed E-state index contributed by atoms with van der Waals surface area (Å²) >= 11 is 0. The topological polar surface area (TPSA) is 47.5 Å². The van der Waals surface area contributed by atoms with E-state index in [1.165, 1.54) is 0 Å². The molecule has 0 radical (unpaired) electrons. The Kier molecular flexibility index (Phi) is 3.69. The molecule has 1 aromatic heterocycles. The van der Waals surface area contributed by atoms with Gasteiger partial charge in [0.15, 0.2) is 0 Å². The predicted octanol–water partition coefficient (Wildman–Crippen LogP) is 0.717. The van der Waals surface area contributed by atoms with Crippen LogP contribution >= 0.6 is 0 Å². The Morgan fingerprint density at radius 2 is 2.38 bits per heavy atom. The summed E-state index contributed by atoms with van der Waals surface area (Å²) in [6.45, 7) is 4.32. The normalized spacial score (nSPS) is 25.8. The Hall–Kier alpha value is -1.20. The third-order valence-corrected chi connectivity index (χ3v) is 2.55. The predicted molar refractivity (Wildman–Crippen MR) is 60.5 cm³/mol. The number of morpholine rings is 1. The second kappa shape index (κ2) is 5.23. The molecule has 2 unspecified atom stereocenters. The van der Waals surface area contributed by atoms with Crippen molar-refractivity contribution in [3.8, 4) is 0 Å². The van der Waals surface area contributed by atoms with Crippen LogP contribution in [0, 0.1) is 0 Å². The highest BCUT2D eigenvalue weighted by atomic mass is 16.5. The van der Waals surface area contributed by atoms with Gasteiger partial charge in [0.1, 0.15) is 5.82 Å². The average molecular weight is 223 g/mol. The van der Waals surface area contributed by atoms with E-state index in [1.807, 2.05) is 0 Å². The smallest absolute Gasteiger partial charge is 0.147 e. The molecular formula is C11H17N3O2. The molecule has 5 nitrogen and oxygen atoms in total. The van der Waals surface area contributed by atoms with Crippen molar-refractivity contribution in [2.45, 2.75) is 19.1 Å². The number of rotatable bonds is 3. The molecule has 88 valence electrons. The van der Waals surface area contributed by atoms with Crippen LogP contribution in [0.25, 0.3) is 0 Å². The Balaban J connectivity index is 2.04. The maximum atomic E-state index is 5.76. The Morgan fingerprint density at radius 3 is 3.06 bits per heavy atom. The van der Waals surface area contributed by atoms with Crippen LogP contribution < -0.4 is 4.90 Å². The SMILES string of the molecule is COCC1CN(c2cnccn2)CC(C)O1. The lowest BCUT2D eigenvalue weighted by molar-refractivity contribution is -0.0512. The van der Waals surface area contributed by atoms with Gasteiger partial charge in [0.25, 0.3) is 0 Å². The van der Waals surface area contributed by atoms with E-state index in [4.69, 9.17) is 9.47 Å². The summed E-state index contributed by atoms with van der Waals surface area (Å²) in [4.78, 5) is 10.6. The molecule has 0 bridgehead atoms. The molecule has 2 heterocycles. The van der Waals surface area contributed by atoms with Crippen molar-refractivity contribution in [3.05, 3.63) is 18.6 Å². The van der Waals surface area contributed by atoms with Gasteiger partial charge in [-0.1, -0.05) is 0 Å². The van der Waals surface area contributed by atoms with Crippen molar-refractivity contribution in [2.24, 2.45) is 0 Å². The van der Waals surface area contributed by atoms with E-state index in [1.54, 1.807) is 25.7 Å². The van der Waals surface area contributed by atoms with Gasteiger partial charge in [-0.3, -0.25) is 4.98 Å². The zero-order valence-electron chi connectivity index (χ0n) is 9.67. The molecule has 1 aliphatic heterocycles. The molecule has 1 aromatic rings. The Labute approximate surface area is 95.4 Å². The zero-order valence-corrected chi connectivity index (χ0v) is 9.67. The molecule has 0 saturated carbocycles. The van der Waals surface area contributed by atoms with Crippen LogP contribution in [-0.4, -0.2) is 49.0 Å². The molecule has 0 spiro atoms. The molecule has 1 aliphatic rings. The standard InChI is InChI=1S/C11H17N3O2/c1-9-6-14(7-10(16-9)8-15-2)11-5-12-3-4-13-11/h3-5,9-10H,6-8H2,1-2H3. The summed E-state index contributed by atoms with van der Waals surface area (Å²) < 4.78 is 10.9. The minimum atomic E-state index is 0.107. The van der Waals surface area contributed by atoms with Crippen molar-refractivity contribution in [1.29, 1.82) is 0 Å². The highest BCUT2D eigenvalue weighted by Gasteiger charge is 2.25. The number of hydrogen-bond acceptors (Lipinski definition) is 5. The minimum absolute atomic E-state index is 0.107. The van der Waals surface area contributed by atoms with Crippen LogP contribution in [0.2, 0.25) is 0 Å². The molecular weight excluding hydrogens is 206 g/mol. The van der Waals surface area contributed by atoms with Crippen molar-refractivity contribution in [2.75, 3.05) is 31.7 Å². The second-order valence-corrected chi connectivity index (χ2v) is 3.99. The van der Waals surface area contributed by atoms with E-state index >= 15 is 0 Å². The quantitative estimate of drug-likeness (QED) is 0.755. The fraction of sp³-hybridized carbons (Fsp3) is 0.636. The first-order valence-electron chi connectivity index (χ1n) is 5.45. The van der Waals surface area contributed by atoms with Crippen molar-refractivity contribution >= 4 is 5.82 Å². The molecule has 16 heavy (non-hydrogen) atoms. The van der Waals surface area contributed by atoms with E-state index in [9.17, 15) is 0 Å². The number of anilines is 1. The van der Waals surface area contributed by atoms with Crippen LogP contribution in [0.15, 0.2) is 18.6 Å². The van der Waals surface area contributed by atoms with Gasteiger partial charge in [-0.05, 0) is 6.92 Å². The van der Waals surface area contributed by atoms with Crippen LogP contribution in [0.5, 0.6) is 0 Å². The van der Waals surface area contributed by atoms with Crippen molar-refractivity contribution in [3.63, 3.8) is 0 Å². The monoisotopic (exact) mass is 223 g/mol. The number of ether oxygens (including phenoxy) is 2. The lowest BCUT2D eigenvalue weighted by atomic mass is 10.2. The highest BCUT2D eigenvalue weighted by Crippen LogP contribution is 2.17. The number of aromatic nitrogens is 2. The molecule has 0 amide bonds. The summed E-state index contributed by atoms with van der Waals surface area (Å²) in [7, 11) is 1.69. The fourth-order valence-electron chi connectivity index (χ4n) is 1.96. The second-order valence-electron chi connectivity index (χ2n) is 3.99. The van der Waals surface area contributed by atoms with E-state index < -0.39 is 0 Å². The van der Waals surface area contributed by atoms with Gasteiger partial charge in [-0.15, -0.1) is 0 Å². The lowest BCUT2D eigenvalue weighted by Gasteiger charge is -2.36. The zero-order chi connectivity index (χ0) is 11.4. The Bertz CT molecular complexity index is 320. The largest absolute Gasteiger partial charge is 0.382 e. The van der Waals surface area contributed by atoms with E-state index in [-0.39, 0.29) is 12.2 Å². The first-order valence-corrected chi connectivity index (χ1v) is 5.45.